The largest absolute Gasteiger partial charge is 0.487 e. The van der Waals surface area contributed by atoms with Gasteiger partial charge in [0.05, 0.1) is 22.7 Å². The number of halogens is 1. The summed E-state index contributed by atoms with van der Waals surface area (Å²) >= 11 is 3.35. The molecule has 1 heterocycles. The first kappa shape index (κ1) is 20.4. The number of carbonyl (C=O) groups is 1. The zero-order valence-electron chi connectivity index (χ0n) is 16.1. The maximum atomic E-state index is 13.3. The fraction of sp³-hybridized carbons (Fsp3) is 0.136. The predicted molar refractivity (Wildman–Crippen MR) is 120 cm³/mol. The van der Waals surface area contributed by atoms with E-state index < -0.39 is 10.0 Å². The summed E-state index contributed by atoms with van der Waals surface area (Å²) in [5.41, 5.74) is 1.51. The van der Waals surface area contributed by atoms with E-state index in [1.807, 2.05) is 19.1 Å². The average molecular weight is 487 g/mol. The van der Waals surface area contributed by atoms with E-state index in [0.717, 1.165) is 0 Å². The minimum Gasteiger partial charge on any atom is -0.487 e. The topological polar surface area (TPSA) is 75.7 Å². The molecule has 1 aliphatic heterocycles. The molecule has 1 amide bonds. The number of anilines is 2. The standard InChI is InChI=1S/C22H19BrN2O4S/c1-15-14-25(20-8-4-5-9-21(20)29-15)30(27,28)17-12-10-16(11-13-17)24-22(26)18-6-2-3-7-19(18)23/h2-13,15H,14H2,1H3,(H,24,26). The molecule has 8 heteroatoms. The predicted octanol–water partition coefficient (Wildman–Crippen LogP) is 4.68. The summed E-state index contributed by atoms with van der Waals surface area (Å²) in [6.45, 7) is 2.05. The van der Waals surface area contributed by atoms with Crippen molar-refractivity contribution in [1.29, 1.82) is 0 Å². The normalized spacial score (nSPS) is 15.8. The Morgan fingerprint density at radius 2 is 1.70 bits per heavy atom. The first-order valence-electron chi connectivity index (χ1n) is 9.30. The maximum Gasteiger partial charge on any atom is 0.264 e. The summed E-state index contributed by atoms with van der Waals surface area (Å²) in [5.74, 6) is 0.256. The molecule has 1 unspecified atom stereocenters. The molecule has 4 rings (SSSR count). The third-order valence-corrected chi connectivity index (χ3v) is 7.19. The Balaban J connectivity index is 1.58. The third-order valence-electron chi connectivity index (χ3n) is 4.70. The Kier molecular flexibility index (Phi) is 5.53. The molecule has 0 saturated carbocycles. The van der Waals surface area contributed by atoms with Crippen molar-refractivity contribution in [1.82, 2.24) is 0 Å². The molecule has 0 spiro atoms. The molecule has 1 aliphatic rings. The molecule has 3 aromatic carbocycles. The minimum atomic E-state index is -3.78. The Morgan fingerprint density at radius 3 is 2.43 bits per heavy atom. The van der Waals surface area contributed by atoms with Crippen molar-refractivity contribution < 1.29 is 17.9 Å². The van der Waals surface area contributed by atoms with E-state index in [1.54, 1.807) is 48.5 Å². The highest BCUT2D eigenvalue weighted by Crippen LogP contribution is 2.36. The molecular formula is C22H19BrN2O4S. The lowest BCUT2D eigenvalue weighted by molar-refractivity contribution is 0.102. The van der Waals surface area contributed by atoms with Crippen LogP contribution in [-0.4, -0.2) is 27.0 Å². The van der Waals surface area contributed by atoms with E-state index in [2.05, 4.69) is 21.2 Å². The van der Waals surface area contributed by atoms with Crippen molar-refractivity contribution >= 4 is 43.2 Å². The van der Waals surface area contributed by atoms with Gasteiger partial charge in [-0.05, 0) is 71.4 Å². The maximum absolute atomic E-state index is 13.3. The third kappa shape index (κ3) is 3.93. The Labute approximate surface area is 183 Å². The van der Waals surface area contributed by atoms with E-state index in [9.17, 15) is 13.2 Å². The van der Waals surface area contributed by atoms with Gasteiger partial charge in [-0.25, -0.2) is 8.42 Å². The first-order valence-corrected chi connectivity index (χ1v) is 11.5. The van der Waals surface area contributed by atoms with Crippen molar-refractivity contribution in [2.24, 2.45) is 0 Å². The number of nitrogens with one attached hydrogen (secondary N) is 1. The molecule has 0 aromatic heterocycles. The lowest BCUT2D eigenvalue weighted by Crippen LogP contribution is -2.42. The smallest absolute Gasteiger partial charge is 0.264 e. The lowest BCUT2D eigenvalue weighted by Gasteiger charge is -2.34. The van der Waals surface area contributed by atoms with Crippen LogP contribution in [-0.2, 0) is 10.0 Å². The molecule has 3 aromatic rings. The van der Waals surface area contributed by atoms with Gasteiger partial charge in [0.2, 0.25) is 0 Å². The minimum absolute atomic E-state index is 0.144. The van der Waals surface area contributed by atoms with Crippen LogP contribution in [0.4, 0.5) is 11.4 Å². The van der Waals surface area contributed by atoms with E-state index in [1.165, 1.54) is 16.4 Å². The number of sulfonamides is 1. The van der Waals surface area contributed by atoms with Gasteiger partial charge in [-0.15, -0.1) is 0 Å². The second-order valence-electron chi connectivity index (χ2n) is 6.89. The number of nitrogens with zero attached hydrogens (tertiary/aromatic N) is 1. The van der Waals surface area contributed by atoms with Crippen molar-refractivity contribution in [2.75, 3.05) is 16.2 Å². The van der Waals surface area contributed by atoms with E-state index in [0.29, 0.717) is 27.2 Å². The van der Waals surface area contributed by atoms with Gasteiger partial charge in [0, 0.05) is 10.2 Å². The van der Waals surface area contributed by atoms with Crippen molar-refractivity contribution in [2.45, 2.75) is 17.9 Å². The SMILES string of the molecule is CC1CN(S(=O)(=O)c2ccc(NC(=O)c3ccccc3Br)cc2)c2ccccc2O1. The van der Waals surface area contributed by atoms with E-state index in [4.69, 9.17) is 4.74 Å². The molecule has 0 bridgehead atoms. The van der Waals surface area contributed by atoms with Gasteiger partial charge in [-0.3, -0.25) is 9.10 Å². The highest BCUT2D eigenvalue weighted by Gasteiger charge is 2.32. The first-order chi connectivity index (χ1) is 14.4. The summed E-state index contributed by atoms with van der Waals surface area (Å²) in [6.07, 6.45) is -0.266. The molecule has 0 radical (unpaired) electrons. The number of amides is 1. The fourth-order valence-corrected chi connectivity index (χ4v) is 5.27. The summed E-state index contributed by atoms with van der Waals surface area (Å²) in [7, 11) is -3.78. The average Bonchev–Trinajstić information content (AvgIpc) is 2.73. The fourth-order valence-electron chi connectivity index (χ4n) is 3.26. The van der Waals surface area contributed by atoms with Gasteiger partial charge in [-0.1, -0.05) is 24.3 Å². The van der Waals surface area contributed by atoms with Gasteiger partial charge >= 0.3 is 0 Å². The van der Waals surface area contributed by atoms with Crippen molar-refractivity contribution in [3.63, 3.8) is 0 Å². The monoisotopic (exact) mass is 486 g/mol. The Bertz CT molecular complexity index is 1200. The van der Waals surface area contributed by atoms with Crippen LogP contribution in [0.25, 0.3) is 0 Å². The van der Waals surface area contributed by atoms with E-state index in [-0.39, 0.29) is 23.5 Å². The van der Waals surface area contributed by atoms with Crippen LogP contribution >= 0.6 is 15.9 Å². The molecule has 30 heavy (non-hydrogen) atoms. The number of fused-ring (bicyclic) bond motifs is 1. The van der Waals surface area contributed by atoms with Gasteiger partial charge < -0.3 is 10.1 Å². The van der Waals surface area contributed by atoms with Gasteiger partial charge in [0.25, 0.3) is 15.9 Å². The molecule has 1 N–H and O–H groups in total. The number of hydrogen-bond donors (Lipinski definition) is 1. The van der Waals surface area contributed by atoms with Crippen LogP contribution in [0.3, 0.4) is 0 Å². The van der Waals surface area contributed by atoms with Crippen LogP contribution < -0.4 is 14.4 Å². The quantitative estimate of drug-likeness (QED) is 0.580. The number of hydrogen-bond acceptors (Lipinski definition) is 4. The summed E-state index contributed by atoms with van der Waals surface area (Å²) in [4.78, 5) is 12.6. The number of benzene rings is 3. The zero-order chi connectivity index (χ0) is 21.3. The number of carbonyl (C=O) groups excluding carboxylic acids is 1. The van der Waals surface area contributed by atoms with Crippen molar-refractivity contribution in [3.05, 3.63) is 82.8 Å². The molecule has 0 aliphatic carbocycles. The second kappa shape index (κ2) is 8.12. The summed E-state index contributed by atoms with van der Waals surface area (Å²) in [5, 5.41) is 2.78. The highest BCUT2D eigenvalue weighted by atomic mass is 79.9. The number of ether oxygens (including phenoxy) is 1. The van der Waals surface area contributed by atoms with Gasteiger partial charge in [0.15, 0.2) is 0 Å². The zero-order valence-corrected chi connectivity index (χ0v) is 18.5. The number of rotatable bonds is 4. The summed E-state index contributed by atoms with van der Waals surface area (Å²) < 4.78 is 34.3. The van der Waals surface area contributed by atoms with Crippen LogP contribution in [0.1, 0.15) is 17.3 Å². The highest BCUT2D eigenvalue weighted by molar-refractivity contribution is 9.10. The van der Waals surface area contributed by atoms with Crippen LogP contribution in [0.5, 0.6) is 5.75 Å². The Morgan fingerprint density at radius 1 is 1.03 bits per heavy atom. The lowest BCUT2D eigenvalue weighted by atomic mass is 10.2. The molecular weight excluding hydrogens is 468 g/mol. The molecule has 0 fully saturated rings. The molecule has 154 valence electrons. The van der Waals surface area contributed by atoms with Crippen LogP contribution in [0.2, 0.25) is 0 Å². The summed E-state index contributed by atoms with van der Waals surface area (Å²) in [6, 6.07) is 20.3. The van der Waals surface area contributed by atoms with Crippen LogP contribution in [0, 0.1) is 0 Å². The molecule has 0 saturated heterocycles. The number of para-hydroxylation sites is 2. The Hall–Kier alpha value is -2.84. The van der Waals surface area contributed by atoms with E-state index >= 15 is 0 Å². The van der Waals surface area contributed by atoms with Crippen LogP contribution in [0.15, 0.2) is 82.2 Å². The van der Waals surface area contributed by atoms with Gasteiger partial charge in [-0.2, -0.15) is 0 Å². The molecule has 1 atom stereocenters. The molecule has 6 nitrogen and oxygen atoms in total. The van der Waals surface area contributed by atoms with Crippen molar-refractivity contribution in [3.8, 4) is 5.75 Å². The second-order valence-corrected chi connectivity index (χ2v) is 9.61. The van der Waals surface area contributed by atoms with Gasteiger partial charge in [0.1, 0.15) is 11.9 Å².